The first kappa shape index (κ1) is 18.5. The molecular formula is C20H24N4OS. The molecule has 0 unspecified atom stereocenters. The molecule has 0 saturated carbocycles. The second kappa shape index (κ2) is 6.76. The van der Waals surface area contributed by atoms with E-state index in [1.165, 1.54) is 11.3 Å². The van der Waals surface area contributed by atoms with Crippen LogP contribution in [-0.4, -0.2) is 20.9 Å². The Morgan fingerprint density at radius 2 is 1.96 bits per heavy atom. The smallest absolute Gasteiger partial charge is 0.262 e. The number of aromatic nitrogens is 3. The number of fused-ring (bicyclic) bond motifs is 1. The molecule has 5 nitrogen and oxygen atoms in total. The molecule has 0 aromatic carbocycles. The minimum atomic E-state index is -0.131. The lowest BCUT2D eigenvalue weighted by atomic mass is 9.95. The Morgan fingerprint density at radius 3 is 2.58 bits per heavy atom. The molecule has 0 spiro atoms. The summed E-state index contributed by atoms with van der Waals surface area (Å²) < 4.78 is 0. The fourth-order valence-corrected chi connectivity index (χ4v) is 4.00. The molecule has 3 aromatic heterocycles. The number of nitrogens with one attached hydrogen (secondary N) is 1. The number of pyridine rings is 1. The summed E-state index contributed by atoms with van der Waals surface area (Å²) in [5, 5.41) is 4.05. The molecule has 3 rings (SSSR count). The summed E-state index contributed by atoms with van der Waals surface area (Å²) in [5.41, 5.74) is 2.71. The number of nitrogens with zero attached hydrogens (tertiary/aromatic N) is 3. The van der Waals surface area contributed by atoms with Crippen LogP contribution in [0, 0.1) is 13.8 Å². The van der Waals surface area contributed by atoms with Crippen molar-refractivity contribution in [3.05, 3.63) is 52.0 Å². The van der Waals surface area contributed by atoms with E-state index in [4.69, 9.17) is 4.98 Å². The minimum Gasteiger partial charge on any atom is -0.345 e. The van der Waals surface area contributed by atoms with Crippen molar-refractivity contribution >= 4 is 27.5 Å². The number of carbonyl (C=O) groups is 1. The van der Waals surface area contributed by atoms with Crippen molar-refractivity contribution in [2.24, 2.45) is 0 Å². The molecule has 0 radical (unpaired) electrons. The number of carbonyl (C=O) groups excluding carboxylic acids is 1. The van der Waals surface area contributed by atoms with Crippen LogP contribution in [0.5, 0.6) is 0 Å². The van der Waals surface area contributed by atoms with Gasteiger partial charge in [0.25, 0.3) is 5.91 Å². The average molecular weight is 369 g/mol. The van der Waals surface area contributed by atoms with Crippen LogP contribution in [0.25, 0.3) is 10.2 Å². The highest BCUT2D eigenvalue weighted by Gasteiger charge is 2.24. The van der Waals surface area contributed by atoms with Crippen LogP contribution in [0.3, 0.4) is 0 Å². The van der Waals surface area contributed by atoms with Crippen molar-refractivity contribution in [3.63, 3.8) is 0 Å². The molecule has 1 N–H and O–H groups in total. The van der Waals surface area contributed by atoms with Gasteiger partial charge in [0.05, 0.1) is 16.6 Å². The van der Waals surface area contributed by atoms with Gasteiger partial charge in [0, 0.05) is 23.2 Å². The lowest BCUT2D eigenvalue weighted by Crippen LogP contribution is -2.26. The normalized spacial score (nSPS) is 13.0. The molecule has 136 valence electrons. The summed E-state index contributed by atoms with van der Waals surface area (Å²) in [5.74, 6) is 0.720. The number of amides is 1. The van der Waals surface area contributed by atoms with Crippen molar-refractivity contribution in [2.45, 2.75) is 53.0 Å². The van der Waals surface area contributed by atoms with E-state index in [2.05, 4.69) is 36.1 Å². The van der Waals surface area contributed by atoms with Crippen LogP contribution < -0.4 is 5.32 Å². The van der Waals surface area contributed by atoms with Crippen LogP contribution in [0.4, 0.5) is 0 Å². The number of thiophene rings is 1. The SMILES string of the molecule is Cc1nc(C(C)(C)C)nc2sc(C(=O)N[C@@H](C)c3cccnc3)c(C)c12. The predicted octanol–water partition coefficient (Wildman–Crippen LogP) is 4.49. The molecule has 26 heavy (non-hydrogen) atoms. The second-order valence-electron chi connectivity index (χ2n) is 7.60. The fraction of sp³-hybridized carbons (Fsp3) is 0.400. The number of rotatable bonds is 3. The van der Waals surface area contributed by atoms with E-state index in [1.54, 1.807) is 12.4 Å². The van der Waals surface area contributed by atoms with Crippen molar-refractivity contribution in [2.75, 3.05) is 0 Å². The minimum absolute atomic E-state index is 0.0847. The number of hydrogen-bond acceptors (Lipinski definition) is 5. The molecule has 0 saturated heterocycles. The maximum absolute atomic E-state index is 12.8. The van der Waals surface area contributed by atoms with E-state index in [1.807, 2.05) is 32.9 Å². The first-order valence-electron chi connectivity index (χ1n) is 8.67. The quantitative estimate of drug-likeness (QED) is 0.739. The van der Waals surface area contributed by atoms with Crippen molar-refractivity contribution in [3.8, 4) is 0 Å². The third-order valence-corrected chi connectivity index (χ3v) is 5.56. The van der Waals surface area contributed by atoms with Gasteiger partial charge in [-0.05, 0) is 38.0 Å². The zero-order valence-electron chi connectivity index (χ0n) is 16.0. The van der Waals surface area contributed by atoms with E-state index >= 15 is 0 Å². The van der Waals surface area contributed by atoms with E-state index in [-0.39, 0.29) is 17.4 Å². The molecule has 0 aliphatic rings. The van der Waals surface area contributed by atoms with Crippen molar-refractivity contribution in [1.82, 2.24) is 20.3 Å². The molecule has 6 heteroatoms. The van der Waals surface area contributed by atoms with Gasteiger partial charge in [0.2, 0.25) is 0 Å². The van der Waals surface area contributed by atoms with Crippen LogP contribution in [0.15, 0.2) is 24.5 Å². The number of aryl methyl sites for hydroxylation is 2. The Kier molecular flexibility index (Phi) is 4.80. The molecule has 0 aliphatic carbocycles. The maximum atomic E-state index is 12.8. The van der Waals surface area contributed by atoms with Gasteiger partial charge in [-0.15, -0.1) is 11.3 Å². The van der Waals surface area contributed by atoms with E-state index in [9.17, 15) is 4.79 Å². The summed E-state index contributed by atoms with van der Waals surface area (Å²) in [6.45, 7) is 12.2. The third kappa shape index (κ3) is 3.46. The molecule has 1 atom stereocenters. The predicted molar refractivity (Wildman–Crippen MR) is 106 cm³/mol. The Bertz CT molecular complexity index is 957. The Hall–Kier alpha value is -2.34. The Labute approximate surface area is 157 Å². The van der Waals surface area contributed by atoms with Gasteiger partial charge in [-0.1, -0.05) is 26.8 Å². The van der Waals surface area contributed by atoms with Gasteiger partial charge in [-0.3, -0.25) is 9.78 Å². The summed E-state index contributed by atoms with van der Waals surface area (Å²) in [7, 11) is 0. The zero-order valence-corrected chi connectivity index (χ0v) is 16.9. The second-order valence-corrected chi connectivity index (χ2v) is 8.60. The highest BCUT2D eigenvalue weighted by molar-refractivity contribution is 7.20. The Balaban J connectivity index is 1.96. The van der Waals surface area contributed by atoms with Gasteiger partial charge in [-0.2, -0.15) is 0 Å². The van der Waals surface area contributed by atoms with Crippen LogP contribution >= 0.6 is 11.3 Å². The summed E-state index contributed by atoms with van der Waals surface area (Å²) >= 11 is 1.43. The largest absolute Gasteiger partial charge is 0.345 e. The van der Waals surface area contributed by atoms with E-state index < -0.39 is 0 Å². The fourth-order valence-electron chi connectivity index (χ4n) is 2.87. The van der Waals surface area contributed by atoms with Crippen molar-refractivity contribution in [1.29, 1.82) is 0 Å². The van der Waals surface area contributed by atoms with E-state index in [0.29, 0.717) is 4.88 Å². The zero-order chi connectivity index (χ0) is 19.1. The van der Waals surface area contributed by atoms with Gasteiger partial charge in [0.15, 0.2) is 0 Å². The molecule has 0 bridgehead atoms. The molecular weight excluding hydrogens is 344 g/mol. The van der Waals surface area contributed by atoms with Gasteiger partial charge in [0.1, 0.15) is 10.7 Å². The molecule has 3 heterocycles. The van der Waals surface area contributed by atoms with E-state index in [0.717, 1.165) is 32.9 Å². The Morgan fingerprint density at radius 1 is 1.23 bits per heavy atom. The van der Waals surface area contributed by atoms with Gasteiger partial charge >= 0.3 is 0 Å². The third-order valence-electron chi connectivity index (χ3n) is 4.38. The van der Waals surface area contributed by atoms with Crippen LogP contribution in [-0.2, 0) is 5.41 Å². The standard InChI is InChI=1S/C20H24N4OS/c1-11-15-13(3)23-19(20(4,5)6)24-18(15)26-16(11)17(25)22-12(2)14-8-7-9-21-10-14/h7-10,12H,1-6H3,(H,22,25)/t12-/m0/s1. The number of hydrogen-bond donors (Lipinski definition) is 1. The summed E-state index contributed by atoms with van der Waals surface area (Å²) in [4.78, 5) is 27.9. The molecule has 0 aliphatic heterocycles. The van der Waals surface area contributed by atoms with Crippen LogP contribution in [0.2, 0.25) is 0 Å². The average Bonchev–Trinajstić information content (AvgIpc) is 2.92. The van der Waals surface area contributed by atoms with Gasteiger partial charge < -0.3 is 5.32 Å². The topological polar surface area (TPSA) is 67.8 Å². The monoisotopic (exact) mass is 368 g/mol. The molecule has 0 fully saturated rings. The lowest BCUT2D eigenvalue weighted by Gasteiger charge is -2.16. The molecule has 3 aromatic rings. The lowest BCUT2D eigenvalue weighted by molar-refractivity contribution is 0.0943. The highest BCUT2D eigenvalue weighted by Crippen LogP contribution is 2.33. The maximum Gasteiger partial charge on any atom is 0.262 e. The summed E-state index contributed by atoms with van der Waals surface area (Å²) in [6, 6.07) is 3.72. The van der Waals surface area contributed by atoms with Gasteiger partial charge in [-0.25, -0.2) is 9.97 Å². The van der Waals surface area contributed by atoms with Crippen LogP contribution in [0.1, 0.15) is 66.1 Å². The first-order chi connectivity index (χ1) is 12.2. The first-order valence-corrected chi connectivity index (χ1v) is 9.49. The van der Waals surface area contributed by atoms with Crippen molar-refractivity contribution < 1.29 is 4.79 Å². The molecule has 1 amide bonds. The highest BCUT2D eigenvalue weighted by atomic mass is 32.1. The summed E-state index contributed by atoms with van der Waals surface area (Å²) in [6.07, 6.45) is 3.50.